The number of non-ortho nitro benzene ring substituents is 1. The quantitative estimate of drug-likeness (QED) is 0.279. The van der Waals surface area contributed by atoms with E-state index in [1.54, 1.807) is 12.1 Å². The van der Waals surface area contributed by atoms with Crippen molar-refractivity contribution in [1.29, 1.82) is 0 Å². The molecule has 4 nitrogen and oxygen atoms in total. The molecule has 0 heterocycles. The Balaban J connectivity index is 1.97. The first kappa shape index (κ1) is 18.5. The molecule has 0 unspecified atom stereocenters. The highest BCUT2D eigenvalue weighted by atomic mass is 16.6. The molecule has 1 aromatic rings. The van der Waals surface area contributed by atoms with Gasteiger partial charge in [-0.05, 0) is 12.5 Å². The number of benzene rings is 1. The molecule has 0 aliphatic rings. The molecular formula is C18H30N2O2. The molecule has 1 rings (SSSR count). The van der Waals surface area contributed by atoms with Crippen LogP contribution in [0.5, 0.6) is 0 Å². The summed E-state index contributed by atoms with van der Waals surface area (Å²) < 4.78 is 0. The Morgan fingerprint density at radius 2 is 1.55 bits per heavy atom. The molecule has 0 bridgehead atoms. The number of unbranched alkanes of at least 4 members (excludes halogenated alkanes) is 9. The zero-order chi connectivity index (χ0) is 16.0. The van der Waals surface area contributed by atoms with Gasteiger partial charge in [-0.25, -0.2) is 0 Å². The van der Waals surface area contributed by atoms with Gasteiger partial charge in [0.25, 0.3) is 5.69 Å². The molecule has 0 saturated carbocycles. The summed E-state index contributed by atoms with van der Waals surface area (Å²) in [6.07, 6.45) is 13.2. The number of anilines is 1. The van der Waals surface area contributed by atoms with Crippen LogP contribution < -0.4 is 5.32 Å². The van der Waals surface area contributed by atoms with Gasteiger partial charge in [-0.3, -0.25) is 10.1 Å². The van der Waals surface area contributed by atoms with Gasteiger partial charge in [-0.1, -0.05) is 70.8 Å². The van der Waals surface area contributed by atoms with Crippen molar-refractivity contribution in [2.75, 3.05) is 11.9 Å². The summed E-state index contributed by atoms with van der Waals surface area (Å²) in [5, 5.41) is 14.0. The summed E-state index contributed by atoms with van der Waals surface area (Å²) in [6, 6.07) is 6.71. The van der Waals surface area contributed by atoms with E-state index < -0.39 is 0 Å². The molecule has 22 heavy (non-hydrogen) atoms. The average Bonchev–Trinajstić information content (AvgIpc) is 2.53. The Hall–Kier alpha value is -1.58. The van der Waals surface area contributed by atoms with Crippen molar-refractivity contribution in [1.82, 2.24) is 0 Å². The van der Waals surface area contributed by atoms with Crippen molar-refractivity contribution in [3.8, 4) is 0 Å². The summed E-state index contributed by atoms with van der Waals surface area (Å²) in [5.41, 5.74) is 0.984. The third-order valence-electron chi connectivity index (χ3n) is 3.92. The Kier molecular flexibility index (Phi) is 10.1. The van der Waals surface area contributed by atoms with Crippen LogP contribution in [0.3, 0.4) is 0 Å². The van der Waals surface area contributed by atoms with Crippen molar-refractivity contribution in [3.63, 3.8) is 0 Å². The van der Waals surface area contributed by atoms with Crippen LogP contribution in [-0.2, 0) is 0 Å². The molecule has 0 saturated heterocycles. The highest BCUT2D eigenvalue weighted by Gasteiger charge is 2.04. The molecule has 0 aliphatic heterocycles. The number of nitro groups is 1. The van der Waals surface area contributed by atoms with Crippen LogP contribution >= 0.6 is 0 Å². The normalized spacial score (nSPS) is 10.6. The average molecular weight is 306 g/mol. The van der Waals surface area contributed by atoms with Gasteiger partial charge in [0.05, 0.1) is 4.92 Å². The summed E-state index contributed by atoms with van der Waals surface area (Å²) in [5.74, 6) is 0. The van der Waals surface area contributed by atoms with Crippen LogP contribution in [0.25, 0.3) is 0 Å². The lowest BCUT2D eigenvalue weighted by atomic mass is 10.1. The van der Waals surface area contributed by atoms with E-state index in [-0.39, 0.29) is 10.6 Å². The fraction of sp³-hybridized carbons (Fsp3) is 0.667. The molecule has 0 atom stereocenters. The Bertz CT molecular complexity index is 421. The van der Waals surface area contributed by atoms with Crippen molar-refractivity contribution in [2.45, 2.75) is 71.1 Å². The van der Waals surface area contributed by atoms with Gasteiger partial charge in [-0.15, -0.1) is 0 Å². The van der Waals surface area contributed by atoms with Gasteiger partial charge < -0.3 is 5.32 Å². The number of hydrogen-bond donors (Lipinski definition) is 1. The van der Waals surface area contributed by atoms with Crippen molar-refractivity contribution >= 4 is 11.4 Å². The fourth-order valence-corrected chi connectivity index (χ4v) is 2.57. The number of hydrogen-bond acceptors (Lipinski definition) is 3. The second-order valence-electron chi connectivity index (χ2n) is 5.92. The lowest BCUT2D eigenvalue weighted by Crippen LogP contribution is -2.01. The van der Waals surface area contributed by atoms with Gasteiger partial charge in [0.15, 0.2) is 0 Å². The molecule has 1 N–H and O–H groups in total. The number of nitro benzene ring substituents is 1. The van der Waals surface area contributed by atoms with E-state index in [4.69, 9.17) is 0 Å². The maximum absolute atomic E-state index is 10.7. The first-order valence-corrected chi connectivity index (χ1v) is 8.72. The van der Waals surface area contributed by atoms with E-state index in [9.17, 15) is 10.1 Å². The standard InChI is InChI=1S/C18H30N2O2/c1-2-3-4-5-6-7-8-9-10-11-15-19-17-13-12-14-18(16-17)20(21)22/h12-14,16,19H,2-11,15H2,1H3. The summed E-state index contributed by atoms with van der Waals surface area (Å²) in [4.78, 5) is 10.3. The number of nitrogens with zero attached hydrogens (tertiary/aromatic N) is 1. The van der Waals surface area contributed by atoms with Crippen LogP contribution in [0, 0.1) is 10.1 Å². The van der Waals surface area contributed by atoms with E-state index in [2.05, 4.69) is 12.2 Å². The second-order valence-corrected chi connectivity index (χ2v) is 5.92. The molecule has 124 valence electrons. The minimum absolute atomic E-state index is 0.146. The zero-order valence-corrected chi connectivity index (χ0v) is 13.9. The lowest BCUT2D eigenvalue weighted by Gasteiger charge is -2.06. The molecular weight excluding hydrogens is 276 g/mol. The van der Waals surface area contributed by atoms with Gasteiger partial charge in [-0.2, -0.15) is 0 Å². The molecule has 0 aliphatic carbocycles. The predicted octanol–water partition coefficient (Wildman–Crippen LogP) is 5.93. The van der Waals surface area contributed by atoms with E-state index >= 15 is 0 Å². The van der Waals surface area contributed by atoms with Crippen LogP contribution in [0.2, 0.25) is 0 Å². The SMILES string of the molecule is CCCCCCCCCCCCNc1cccc([N+](=O)[O-])c1. The maximum atomic E-state index is 10.7. The van der Waals surface area contributed by atoms with Crippen LogP contribution in [0.1, 0.15) is 71.1 Å². The molecule has 0 amide bonds. The zero-order valence-electron chi connectivity index (χ0n) is 13.9. The smallest absolute Gasteiger partial charge is 0.271 e. The van der Waals surface area contributed by atoms with Crippen LogP contribution in [0.15, 0.2) is 24.3 Å². The minimum atomic E-state index is -0.355. The third-order valence-corrected chi connectivity index (χ3v) is 3.92. The number of nitrogens with one attached hydrogen (secondary N) is 1. The van der Waals surface area contributed by atoms with Gasteiger partial charge >= 0.3 is 0 Å². The summed E-state index contributed by atoms with van der Waals surface area (Å²) in [6.45, 7) is 3.14. The van der Waals surface area contributed by atoms with Crippen molar-refractivity contribution in [2.24, 2.45) is 0 Å². The third kappa shape index (κ3) is 8.65. The fourth-order valence-electron chi connectivity index (χ4n) is 2.57. The van der Waals surface area contributed by atoms with E-state index in [0.29, 0.717) is 0 Å². The van der Waals surface area contributed by atoms with Crippen molar-refractivity contribution < 1.29 is 4.92 Å². The minimum Gasteiger partial charge on any atom is -0.385 e. The maximum Gasteiger partial charge on any atom is 0.271 e. The lowest BCUT2D eigenvalue weighted by molar-refractivity contribution is -0.384. The van der Waals surface area contributed by atoms with Gasteiger partial charge in [0.1, 0.15) is 0 Å². The molecule has 0 radical (unpaired) electrons. The second kappa shape index (κ2) is 12.0. The number of rotatable bonds is 13. The van der Waals surface area contributed by atoms with E-state index in [1.165, 1.54) is 63.9 Å². The molecule has 1 aromatic carbocycles. The summed E-state index contributed by atoms with van der Waals surface area (Å²) >= 11 is 0. The van der Waals surface area contributed by atoms with E-state index in [1.807, 2.05) is 6.07 Å². The van der Waals surface area contributed by atoms with Crippen LogP contribution in [0.4, 0.5) is 11.4 Å². The van der Waals surface area contributed by atoms with E-state index in [0.717, 1.165) is 18.7 Å². The Morgan fingerprint density at radius 3 is 2.14 bits per heavy atom. The first-order chi connectivity index (χ1) is 10.7. The highest BCUT2D eigenvalue weighted by molar-refractivity contribution is 5.50. The monoisotopic (exact) mass is 306 g/mol. The van der Waals surface area contributed by atoms with Gasteiger partial charge in [0.2, 0.25) is 0 Å². The Labute approximate surface area is 134 Å². The molecule has 0 aromatic heterocycles. The highest BCUT2D eigenvalue weighted by Crippen LogP contribution is 2.17. The Morgan fingerprint density at radius 1 is 0.955 bits per heavy atom. The van der Waals surface area contributed by atoms with Crippen LogP contribution in [-0.4, -0.2) is 11.5 Å². The molecule has 0 spiro atoms. The first-order valence-electron chi connectivity index (χ1n) is 8.72. The molecule has 0 fully saturated rings. The van der Waals surface area contributed by atoms with Gasteiger partial charge in [0, 0.05) is 24.4 Å². The largest absolute Gasteiger partial charge is 0.385 e. The topological polar surface area (TPSA) is 55.2 Å². The predicted molar refractivity (Wildman–Crippen MR) is 93.4 cm³/mol. The summed E-state index contributed by atoms with van der Waals surface area (Å²) in [7, 11) is 0. The molecule has 4 heteroatoms. The van der Waals surface area contributed by atoms with Crippen molar-refractivity contribution in [3.05, 3.63) is 34.4 Å².